The zero-order valence-corrected chi connectivity index (χ0v) is 9.87. The van der Waals surface area contributed by atoms with Crippen LogP contribution in [0.5, 0.6) is 0 Å². The molecule has 0 fully saturated rings. The maximum absolute atomic E-state index is 11.6. The SMILES string of the molecule is O=C(NCCCOCCCl)c1ccccc1. The molecule has 0 saturated heterocycles. The van der Waals surface area contributed by atoms with Crippen molar-refractivity contribution in [2.24, 2.45) is 0 Å². The second-order valence-corrected chi connectivity index (χ2v) is 3.65. The second kappa shape index (κ2) is 8.13. The average molecular weight is 242 g/mol. The van der Waals surface area contributed by atoms with Gasteiger partial charge in [-0.3, -0.25) is 4.79 Å². The first-order chi connectivity index (χ1) is 7.84. The first-order valence-corrected chi connectivity index (χ1v) is 5.85. The molecule has 0 spiro atoms. The third kappa shape index (κ3) is 5.14. The fourth-order valence-electron chi connectivity index (χ4n) is 1.22. The van der Waals surface area contributed by atoms with Crippen molar-refractivity contribution in [2.45, 2.75) is 6.42 Å². The van der Waals surface area contributed by atoms with Crippen LogP contribution in [0.3, 0.4) is 0 Å². The summed E-state index contributed by atoms with van der Waals surface area (Å²) >= 11 is 5.45. The number of hydrogen-bond acceptors (Lipinski definition) is 2. The van der Waals surface area contributed by atoms with E-state index in [0.717, 1.165) is 6.42 Å². The summed E-state index contributed by atoms with van der Waals surface area (Å²) in [7, 11) is 0. The average Bonchev–Trinajstić information content (AvgIpc) is 2.34. The van der Waals surface area contributed by atoms with Gasteiger partial charge in [0, 0.05) is 24.6 Å². The number of alkyl halides is 1. The topological polar surface area (TPSA) is 38.3 Å². The van der Waals surface area contributed by atoms with Gasteiger partial charge >= 0.3 is 0 Å². The van der Waals surface area contributed by atoms with Crippen LogP contribution < -0.4 is 5.32 Å². The lowest BCUT2D eigenvalue weighted by Gasteiger charge is -2.05. The highest BCUT2D eigenvalue weighted by molar-refractivity contribution is 6.17. The van der Waals surface area contributed by atoms with Crippen LogP contribution in [-0.4, -0.2) is 31.5 Å². The van der Waals surface area contributed by atoms with Gasteiger partial charge < -0.3 is 10.1 Å². The van der Waals surface area contributed by atoms with E-state index in [4.69, 9.17) is 16.3 Å². The molecule has 0 aliphatic rings. The third-order valence-corrected chi connectivity index (χ3v) is 2.16. The van der Waals surface area contributed by atoms with Crippen molar-refractivity contribution in [1.29, 1.82) is 0 Å². The lowest BCUT2D eigenvalue weighted by atomic mass is 10.2. The van der Waals surface area contributed by atoms with Crippen LogP contribution in [0.15, 0.2) is 30.3 Å². The van der Waals surface area contributed by atoms with Crippen molar-refractivity contribution in [3.8, 4) is 0 Å². The monoisotopic (exact) mass is 241 g/mol. The highest BCUT2D eigenvalue weighted by Gasteiger charge is 2.02. The molecule has 1 rings (SSSR count). The molecule has 0 aliphatic carbocycles. The number of rotatable bonds is 7. The summed E-state index contributed by atoms with van der Waals surface area (Å²) in [6.07, 6.45) is 0.801. The summed E-state index contributed by atoms with van der Waals surface area (Å²) < 4.78 is 5.19. The molecule has 1 aromatic rings. The van der Waals surface area contributed by atoms with Crippen molar-refractivity contribution < 1.29 is 9.53 Å². The molecule has 4 heteroatoms. The maximum atomic E-state index is 11.6. The Balaban J connectivity index is 2.12. The minimum atomic E-state index is -0.0436. The van der Waals surface area contributed by atoms with E-state index in [9.17, 15) is 4.79 Å². The molecule has 3 nitrogen and oxygen atoms in total. The van der Waals surface area contributed by atoms with E-state index in [1.807, 2.05) is 18.2 Å². The molecule has 0 aliphatic heterocycles. The largest absolute Gasteiger partial charge is 0.380 e. The molecule has 0 unspecified atom stereocenters. The number of halogens is 1. The molecule has 1 amide bonds. The van der Waals surface area contributed by atoms with Crippen molar-refractivity contribution in [3.05, 3.63) is 35.9 Å². The molecule has 88 valence electrons. The van der Waals surface area contributed by atoms with Crippen LogP contribution >= 0.6 is 11.6 Å². The lowest BCUT2D eigenvalue weighted by Crippen LogP contribution is -2.25. The van der Waals surface area contributed by atoms with Gasteiger partial charge in [0.2, 0.25) is 0 Å². The standard InChI is InChI=1S/C12H16ClNO2/c13-7-10-16-9-4-8-14-12(15)11-5-2-1-3-6-11/h1-3,5-6H,4,7-10H2,(H,14,15). The summed E-state index contributed by atoms with van der Waals surface area (Å²) in [4.78, 5) is 11.6. The fraction of sp³-hybridized carbons (Fsp3) is 0.417. The maximum Gasteiger partial charge on any atom is 0.251 e. The van der Waals surface area contributed by atoms with Crippen LogP contribution in [0.25, 0.3) is 0 Å². The quantitative estimate of drug-likeness (QED) is 0.586. The molecule has 0 aromatic heterocycles. The zero-order chi connectivity index (χ0) is 11.6. The van der Waals surface area contributed by atoms with E-state index in [0.29, 0.717) is 31.2 Å². The molecule has 0 bridgehead atoms. The molecule has 0 heterocycles. The normalized spacial score (nSPS) is 10.1. The van der Waals surface area contributed by atoms with Gasteiger partial charge in [-0.1, -0.05) is 18.2 Å². The Morgan fingerprint density at radius 2 is 2.00 bits per heavy atom. The number of amides is 1. The summed E-state index contributed by atoms with van der Waals surface area (Å²) in [6, 6.07) is 9.16. The molecule has 0 saturated carbocycles. The van der Waals surface area contributed by atoms with E-state index in [1.165, 1.54) is 0 Å². The Labute approximate surface area is 101 Å². The van der Waals surface area contributed by atoms with Gasteiger partial charge in [-0.15, -0.1) is 11.6 Å². The highest BCUT2D eigenvalue weighted by atomic mass is 35.5. The van der Waals surface area contributed by atoms with Gasteiger partial charge in [-0.05, 0) is 18.6 Å². The predicted octanol–water partition coefficient (Wildman–Crippen LogP) is 2.06. The predicted molar refractivity (Wildman–Crippen MR) is 64.9 cm³/mol. The number of hydrogen-bond donors (Lipinski definition) is 1. The summed E-state index contributed by atoms with van der Waals surface area (Å²) in [6.45, 7) is 1.81. The van der Waals surface area contributed by atoms with Gasteiger partial charge in [0.15, 0.2) is 0 Å². The number of ether oxygens (including phenoxy) is 1. The number of nitrogens with one attached hydrogen (secondary N) is 1. The second-order valence-electron chi connectivity index (χ2n) is 3.28. The number of carbonyl (C=O) groups excluding carboxylic acids is 1. The summed E-state index contributed by atoms with van der Waals surface area (Å²) in [5.74, 6) is 0.467. The first kappa shape index (κ1) is 13.0. The molecular formula is C12H16ClNO2. The summed E-state index contributed by atoms with van der Waals surface area (Å²) in [5, 5.41) is 2.82. The van der Waals surface area contributed by atoms with Crippen LogP contribution in [0.2, 0.25) is 0 Å². The Morgan fingerprint density at radius 1 is 1.25 bits per heavy atom. The first-order valence-electron chi connectivity index (χ1n) is 5.31. The molecule has 1 N–H and O–H groups in total. The van der Waals surface area contributed by atoms with Crippen LogP contribution in [0, 0.1) is 0 Å². The van der Waals surface area contributed by atoms with Gasteiger partial charge in [0.25, 0.3) is 5.91 Å². The highest BCUT2D eigenvalue weighted by Crippen LogP contribution is 1.97. The number of benzene rings is 1. The summed E-state index contributed by atoms with van der Waals surface area (Å²) in [5.41, 5.74) is 0.684. The van der Waals surface area contributed by atoms with E-state index >= 15 is 0 Å². The zero-order valence-electron chi connectivity index (χ0n) is 9.12. The number of carbonyl (C=O) groups is 1. The Hall–Kier alpha value is -1.06. The van der Waals surface area contributed by atoms with E-state index in [-0.39, 0.29) is 5.91 Å². The van der Waals surface area contributed by atoms with Crippen LogP contribution in [-0.2, 0) is 4.74 Å². The van der Waals surface area contributed by atoms with Gasteiger partial charge in [-0.2, -0.15) is 0 Å². The van der Waals surface area contributed by atoms with Crippen LogP contribution in [0.4, 0.5) is 0 Å². The molecule has 1 aromatic carbocycles. The van der Waals surface area contributed by atoms with Gasteiger partial charge in [0.1, 0.15) is 0 Å². The minimum absolute atomic E-state index is 0.0436. The molecule has 16 heavy (non-hydrogen) atoms. The van der Waals surface area contributed by atoms with E-state index in [2.05, 4.69) is 5.32 Å². The van der Waals surface area contributed by atoms with Crippen molar-refractivity contribution in [3.63, 3.8) is 0 Å². The van der Waals surface area contributed by atoms with E-state index < -0.39 is 0 Å². The van der Waals surface area contributed by atoms with Crippen molar-refractivity contribution in [2.75, 3.05) is 25.6 Å². The molecular weight excluding hydrogens is 226 g/mol. The Bertz CT molecular complexity index is 303. The molecule has 0 atom stereocenters. The minimum Gasteiger partial charge on any atom is -0.380 e. The third-order valence-electron chi connectivity index (χ3n) is 2.01. The Morgan fingerprint density at radius 3 is 2.69 bits per heavy atom. The van der Waals surface area contributed by atoms with Crippen molar-refractivity contribution in [1.82, 2.24) is 5.32 Å². The van der Waals surface area contributed by atoms with E-state index in [1.54, 1.807) is 12.1 Å². The van der Waals surface area contributed by atoms with Gasteiger partial charge in [0.05, 0.1) is 6.61 Å². The lowest BCUT2D eigenvalue weighted by molar-refractivity contribution is 0.0944. The van der Waals surface area contributed by atoms with Crippen molar-refractivity contribution >= 4 is 17.5 Å². The fourth-order valence-corrected chi connectivity index (χ4v) is 1.33. The molecule has 0 radical (unpaired) electrons. The Kier molecular flexibility index (Phi) is 6.61. The smallest absolute Gasteiger partial charge is 0.251 e. The van der Waals surface area contributed by atoms with Gasteiger partial charge in [-0.25, -0.2) is 0 Å². The van der Waals surface area contributed by atoms with Crippen LogP contribution in [0.1, 0.15) is 16.8 Å².